The molecule has 1 amide bonds. The highest BCUT2D eigenvalue weighted by molar-refractivity contribution is 5.76. The molecule has 0 spiro atoms. The highest BCUT2D eigenvalue weighted by Crippen LogP contribution is 2.40. The Kier molecular flexibility index (Phi) is 3.93. The number of carbonyl (C=O) groups excluding carboxylic acids is 1. The molecule has 18 heavy (non-hydrogen) atoms. The van der Waals surface area contributed by atoms with Gasteiger partial charge < -0.3 is 15.2 Å². The fourth-order valence-corrected chi connectivity index (χ4v) is 1.88. The van der Waals surface area contributed by atoms with E-state index < -0.39 is 23.1 Å². The molecule has 1 aliphatic carbocycles. The number of hydrogen-bond acceptors (Lipinski definition) is 3. The van der Waals surface area contributed by atoms with Crippen molar-refractivity contribution in [2.45, 2.75) is 59.1 Å². The van der Waals surface area contributed by atoms with Crippen LogP contribution in [0.15, 0.2) is 0 Å². The van der Waals surface area contributed by atoms with Crippen LogP contribution in [0.4, 0.5) is 4.79 Å². The first-order valence-corrected chi connectivity index (χ1v) is 6.27. The minimum atomic E-state index is -0.988. The van der Waals surface area contributed by atoms with Crippen molar-refractivity contribution < 1.29 is 19.4 Å². The second kappa shape index (κ2) is 4.78. The van der Waals surface area contributed by atoms with Crippen LogP contribution in [0.25, 0.3) is 0 Å². The standard InChI is InChI=1S/C13H23NO4/c1-12(2,3)18-11(17)14-9(8-6-7-8)13(4,5)10(15)16/h8-9H,6-7H2,1-5H3,(H,14,17)(H,15,16). The van der Waals surface area contributed by atoms with Gasteiger partial charge in [0.25, 0.3) is 0 Å². The maximum Gasteiger partial charge on any atom is 0.407 e. The number of ether oxygens (including phenoxy) is 1. The average molecular weight is 257 g/mol. The summed E-state index contributed by atoms with van der Waals surface area (Å²) in [5.74, 6) is -0.668. The van der Waals surface area contributed by atoms with Gasteiger partial charge in [-0.1, -0.05) is 0 Å². The molecule has 5 nitrogen and oxygen atoms in total. The number of nitrogens with one attached hydrogen (secondary N) is 1. The number of alkyl carbamates (subject to hydrolysis) is 1. The van der Waals surface area contributed by atoms with Gasteiger partial charge in [0.2, 0.25) is 0 Å². The quantitative estimate of drug-likeness (QED) is 0.811. The molecule has 2 N–H and O–H groups in total. The summed E-state index contributed by atoms with van der Waals surface area (Å²) in [5, 5.41) is 12.0. The fourth-order valence-electron chi connectivity index (χ4n) is 1.88. The molecular formula is C13H23NO4. The lowest BCUT2D eigenvalue weighted by atomic mass is 9.81. The van der Waals surface area contributed by atoms with Crippen molar-refractivity contribution in [2.24, 2.45) is 11.3 Å². The summed E-state index contributed by atoms with van der Waals surface area (Å²) in [4.78, 5) is 23.0. The molecule has 1 atom stereocenters. The number of carbonyl (C=O) groups is 2. The van der Waals surface area contributed by atoms with Gasteiger partial charge in [-0.3, -0.25) is 4.79 Å². The van der Waals surface area contributed by atoms with Gasteiger partial charge in [0.05, 0.1) is 11.5 Å². The van der Waals surface area contributed by atoms with Crippen molar-refractivity contribution >= 4 is 12.1 Å². The Morgan fingerprint density at radius 2 is 1.72 bits per heavy atom. The fraction of sp³-hybridized carbons (Fsp3) is 0.846. The van der Waals surface area contributed by atoms with E-state index in [2.05, 4.69) is 5.32 Å². The molecule has 0 bridgehead atoms. The molecule has 1 unspecified atom stereocenters. The third kappa shape index (κ3) is 3.89. The number of rotatable bonds is 4. The van der Waals surface area contributed by atoms with Gasteiger partial charge in [-0.2, -0.15) is 0 Å². The summed E-state index contributed by atoms with van der Waals surface area (Å²) in [7, 11) is 0. The summed E-state index contributed by atoms with van der Waals surface area (Å²) in [6, 6.07) is -0.384. The van der Waals surface area contributed by atoms with E-state index >= 15 is 0 Å². The number of hydrogen-bond donors (Lipinski definition) is 2. The first-order chi connectivity index (χ1) is 8.04. The van der Waals surface area contributed by atoms with E-state index in [-0.39, 0.29) is 12.0 Å². The summed E-state index contributed by atoms with van der Waals surface area (Å²) >= 11 is 0. The predicted molar refractivity (Wildman–Crippen MR) is 67.3 cm³/mol. The molecule has 1 aliphatic rings. The van der Waals surface area contributed by atoms with E-state index in [1.165, 1.54) is 0 Å². The SMILES string of the molecule is CC(C)(C)OC(=O)NC(C1CC1)C(C)(C)C(=O)O. The van der Waals surface area contributed by atoms with Gasteiger partial charge >= 0.3 is 12.1 Å². The summed E-state index contributed by atoms with van der Waals surface area (Å²) in [5.41, 5.74) is -1.57. The van der Waals surface area contributed by atoms with Crippen molar-refractivity contribution in [3.8, 4) is 0 Å². The third-order valence-corrected chi connectivity index (χ3v) is 3.09. The molecule has 1 saturated carbocycles. The Labute approximate surface area is 108 Å². The number of carboxylic acid groups (broad SMARTS) is 1. The van der Waals surface area contributed by atoms with Crippen molar-refractivity contribution in [2.75, 3.05) is 0 Å². The van der Waals surface area contributed by atoms with Crippen molar-refractivity contribution in [1.82, 2.24) is 5.32 Å². The molecule has 0 saturated heterocycles. The first-order valence-electron chi connectivity index (χ1n) is 6.27. The Hall–Kier alpha value is -1.26. The van der Waals surface area contributed by atoms with Gasteiger partial charge in [-0.25, -0.2) is 4.79 Å². The van der Waals surface area contributed by atoms with E-state index in [0.717, 1.165) is 12.8 Å². The molecule has 1 rings (SSSR count). The average Bonchev–Trinajstić information content (AvgIpc) is 2.93. The Balaban J connectivity index is 2.70. The van der Waals surface area contributed by atoms with E-state index in [1.54, 1.807) is 34.6 Å². The minimum absolute atomic E-state index is 0.239. The first kappa shape index (κ1) is 14.8. The van der Waals surface area contributed by atoms with Gasteiger partial charge in [0.15, 0.2) is 0 Å². The molecule has 0 radical (unpaired) electrons. The molecule has 0 aromatic heterocycles. The lowest BCUT2D eigenvalue weighted by Gasteiger charge is -2.32. The molecule has 5 heteroatoms. The maximum atomic E-state index is 11.7. The van der Waals surface area contributed by atoms with Crippen molar-refractivity contribution in [1.29, 1.82) is 0 Å². The summed E-state index contributed by atoms with van der Waals surface area (Å²) in [6.45, 7) is 8.61. The van der Waals surface area contributed by atoms with Crippen LogP contribution in [0.3, 0.4) is 0 Å². The van der Waals surface area contributed by atoms with Crippen LogP contribution in [0.2, 0.25) is 0 Å². The second-order valence-electron chi connectivity index (χ2n) is 6.49. The molecule has 0 heterocycles. The summed E-state index contributed by atoms with van der Waals surface area (Å²) in [6.07, 6.45) is 1.36. The van der Waals surface area contributed by atoms with Crippen molar-refractivity contribution in [3.63, 3.8) is 0 Å². The van der Waals surface area contributed by atoms with Gasteiger partial charge in [-0.05, 0) is 53.4 Å². The van der Waals surface area contributed by atoms with Crippen LogP contribution in [0, 0.1) is 11.3 Å². The zero-order valence-electron chi connectivity index (χ0n) is 11.7. The smallest absolute Gasteiger partial charge is 0.407 e. The Morgan fingerprint density at radius 1 is 1.22 bits per heavy atom. The second-order valence-corrected chi connectivity index (χ2v) is 6.49. The van der Waals surface area contributed by atoms with Gasteiger partial charge in [-0.15, -0.1) is 0 Å². The molecule has 0 aliphatic heterocycles. The lowest BCUT2D eigenvalue weighted by molar-refractivity contribution is -0.148. The summed E-state index contributed by atoms with van der Waals surface area (Å²) < 4.78 is 5.18. The molecule has 104 valence electrons. The van der Waals surface area contributed by atoms with Crippen LogP contribution in [-0.2, 0) is 9.53 Å². The highest BCUT2D eigenvalue weighted by Gasteiger charge is 2.46. The topological polar surface area (TPSA) is 75.6 Å². The lowest BCUT2D eigenvalue weighted by Crippen LogP contribution is -2.51. The van der Waals surface area contributed by atoms with Gasteiger partial charge in [0.1, 0.15) is 5.60 Å². The van der Waals surface area contributed by atoms with Gasteiger partial charge in [0, 0.05) is 0 Å². The van der Waals surface area contributed by atoms with E-state index in [4.69, 9.17) is 4.74 Å². The Bertz CT molecular complexity index is 339. The molecular weight excluding hydrogens is 234 g/mol. The van der Waals surface area contributed by atoms with Crippen molar-refractivity contribution in [3.05, 3.63) is 0 Å². The number of carboxylic acids is 1. The maximum absolute atomic E-state index is 11.7. The molecule has 0 aromatic carbocycles. The number of aliphatic carboxylic acids is 1. The van der Waals surface area contributed by atoms with Crippen LogP contribution in [0.1, 0.15) is 47.5 Å². The van der Waals surface area contributed by atoms with Crippen LogP contribution in [-0.4, -0.2) is 28.8 Å². The molecule has 1 fully saturated rings. The zero-order valence-corrected chi connectivity index (χ0v) is 11.7. The predicted octanol–water partition coefficient (Wildman–Crippen LogP) is 2.40. The normalized spacial score (nSPS) is 18.1. The van der Waals surface area contributed by atoms with Crippen LogP contribution in [0.5, 0.6) is 0 Å². The largest absolute Gasteiger partial charge is 0.481 e. The van der Waals surface area contributed by atoms with Crippen LogP contribution < -0.4 is 5.32 Å². The monoisotopic (exact) mass is 257 g/mol. The van der Waals surface area contributed by atoms with E-state index in [1.807, 2.05) is 0 Å². The third-order valence-electron chi connectivity index (χ3n) is 3.09. The van der Waals surface area contributed by atoms with E-state index in [9.17, 15) is 14.7 Å². The highest BCUT2D eigenvalue weighted by atomic mass is 16.6. The Morgan fingerprint density at radius 3 is 2.06 bits per heavy atom. The van der Waals surface area contributed by atoms with E-state index in [0.29, 0.717) is 0 Å². The zero-order chi connectivity index (χ0) is 14.1. The number of amides is 1. The molecule has 0 aromatic rings. The van der Waals surface area contributed by atoms with Crippen LogP contribution >= 0.6 is 0 Å². The minimum Gasteiger partial charge on any atom is -0.481 e.